The summed E-state index contributed by atoms with van der Waals surface area (Å²) in [6.07, 6.45) is 2.87. The molecule has 0 spiro atoms. The number of amides is 1. The number of hydrogen-bond donors (Lipinski definition) is 0. The van der Waals surface area contributed by atoms with Gasteiger partial charge in [-0.15, -0.1) is 0 Å². The molecule has 1 aliphatic rings. The van der Waals surface area contributed by atoms with Crippen molar-refractivity contribution in [2.75, 3.05) is 33.3 Å². The molecule has 0 atom stereocenters. The first-order valence-corrected chi connectivity index (χ1v) is 9.71. The van der Waals surface area contributed by atoms with Crippen molar-refractivity contribution in [3.63, 3.8) is 0 Å². The van der Waals surface area contributed by atoms with Crippen LogP contribution in [0.15, 0.2) is 47.6 Å². The Morgan fingerprint density at radius 2 is 1.88 bits per heavy atom. The van der Waals surface area contributed by atoms with Crippen LogP contribution in [0.4, 0.5) is 0 Å². The molecule has 1 aliphatic heterocycles. The molecule has 2 heterocycles. The van der Waals surface area contributed by atoms with E-state index in [2.05, 4.69) is 4.98 Å². The number of piperazine rings is 1. The molecule has 0 N–H and O–H groups in total. The topological polar surface area (TPSA) is 79.8 Å². The van der Waals surface area contributed by atoms with Gasteiger partial charge < -0.3 is 9.64 Å². The number of nitrogens with zero attached hydrogens (tertiary/aromatic N) is 3. The number of methoxy groups -OCH3 is 1. The summed E-state index contributed by atoms with van der Waals surface area (Å²) in [5, 5.41) is 0. The molecular formula is C18H21N3O4S. The number of pyridine rings is 1. The van der Waals surface area contributed by atoms with E-state index >= 15 is 0 Å². The molecule has 1 amide bonds. The molecule has 1 fully saturated rings. The highest BCUT2D eigenvalue weighted by atomic mass is 32.2. The first-order chi connectivity index (χ1) is 12.4. The predicted octanol–water partition coefficient (Wildman–Crippen LogP) is 1.55. The lowest BCUT2D eigenvalue weighted by Gasteiger charge is -2.34. The summed E-state index contributed by atoms with van der Waals surface area (Å²) in [4.78, 5) is 18.5. The zero-order valence-electron chi connectivity index (χ0n) is 14.8. The lowest BCUT2D eigenvalue weighted by molar-refractivity contribution is 0.0694. The molecule has 1 saturated heterocycles. The van der Waals surface area contributed by atoms with Crippen molar-refractivity contribution in [1.29, 1.82) is 0 Å². The highest BCUT2D eigenvalue weighted by Crippen LogP contribution is 2.23. The minimum absolute atomic E-state index is 0.149. The third-order valence-electron chi connectivity index (χ3n) is 4.38. The maximum Gasteiger partial charge on any atom is 0.257 e. The average molecular weight is 375 g/mol. The normalized spacial score (nSPS) is 15.7. The Morgan fingerprint density at radius 3 is 2.50 bits per heavy atom. The predicted molar refractivity (Wildman–Crippen MR) is 96.6 cm³/mol. The zero-order valence-corrected chi connectivity index (χ0v) is 15.6. The van der Waals surface area contributed by atoms with E-state index in [0.29, 0.717) is 24.4 Å². The SMILES string of the molecule is COc1ccc(C)cc1C(=O)N1CCN(S(=O)(=O)c2cccnc2)CC1. The van der Waals surface area contributed by atoms with Gasteiger partial charge in [-0.2, -0.15) is 4.31 Å². The van der Waals surface area contributed by atoms with Gasteiger partial charge in [0, 0.05) is 38.6 Å². The van der Waals surface area contributed by atoms with Gasteiger partial charge in [-0.25, -0.2) is 8.42 Å². The molecule has 2 aromatic rings. The van der Waals surface area contributed by atoms with Crippen molar-refractivity contribution in [3.8, 4) is 5.75 Å². The van der Waals surface area contributed by atoms with Crippen LogP contribution in [0.2, 0.25) is 0 Å². The second-order valence-electron chi connectivity index (χ2n) is 6.09. The van der Waals surface area contributed by atoms with Gasteiger partial charge in [-0.3, -0.25) is 9.78 Å². The van der Waals surface area contributed by atoms with Crippen molar-refractivity contribution < 1.29 is 17.9 Å². The fourth-order valence-corrected chi connectivity index (χ4v) is 4.33. The van der Waals surface area contributed by atoms with Crippen molar-refractivity contribution in [3.05, 3.63) is 53.9 Å². The summed E-state index contributed by atoms with van der Waals surface area (Å²) in [7, 11) is -2.06. The Bertz CT molecular complexity index is 892. The Morgan fingerprint density at radius 1 is 1.15 bits per heavy atom. The second kappa shape index (κ2) is 7.43. The van der Waals surface area contributed by atoms with Crippen molar-refractivity contribution >= 4 is 15.9 Å². The van der Waals surface area contributed by atoms with Crippen LogP contribution in [-0.4, -0.2) is 61.8 Å². The van der Waals surface area contributed by atoms with Gasteiger partial charge in [0.25, 0.3) is 5.91 Å². The van der Waals surface area contributed by atoms with E-state index in [0.717, 1.165) is 5.56 Å². The molecule has 0 bridgehead atoms. The van der Waals surface area contributed by atoms with Gasteiger partial charge >= 0.3 is 0 Å². The van der Waals surface area contributed by atoms with E-state index < -0.39 is 10.0 Å². The van der Waals surface area contributed by atoms with Gasteiger partial charge in [0.05, 0.1) is 12.7 Å². The highest BCUT2D eigenvalue weighted by molar-refractivity contribution is 7.89. The van der Waals surface area contributed by atoms with Crippen molar-refractivity contribution in [2.45, 2.75) is 11.8 Å². The van der Waals surface area contributed by atoms with Gasteiger partial charge in [0.2, 0.25) is 10.0 Å². The molecule has 3 rings (SSSR count). The summed E-state index contributed by atoms with van der Waals surface area (Å²) in [6.45, 7) is 3.06. The van der Waals surface area contributed by atoms with Gasteiger partial charge in [0.1, 0.15) is 10.6 Å². The van der Waals surface area contributed by atoms with Crippen molar-refractivity contribution in [1.82, 2.24) is 14.2 Å². The summed E-state index contributed by atoms with van der Waals surface area (Å²) in [5.74, 6) is 0.370. The Labute approximate surface area is 153 Å². The van der Waals surface area contributed by atoms with Crippen LogP contribution in [0, 0.1) is 6.92 Å². The number of carbonyl (C=O) groups excluding carboxylic acids is 1. The molecule has 0 saturated carbocycles. The minimum atomic E-state index is -3.59. The van der Waals surface area contributed by atoms with Crippen LogP contribution in [0.5, 0.6) is 5.75 Å². The fourth-order valence-electron chi connectivity index (χ4n) is 2.94. The number of ether oxygens (including phenoxy) is 1. The first-order valence-electron chi connectivity index (χ1n) is 8.27. The zero-order chi connectivity index (χ0) is 18.7. The smallest absolute Gasteiger partial charge is 0.257 e. The lowest BCUT2D eigenvalue weighted by Crippen LogP contribution is -2.50. The molecule has 8 heteroatoms. The summed E-state index contributed by atoms with van der Waals surface area (Å²) in [6, 6.07) is 8.56. The van der Waals surface area contributed by atoms with E-state index in [9.17, 15) is 13.2 Å². The molecule has 0 aliphatic carbocycles. The maximum atomic E-state index is 12.8. The Balaban J connectivity index is 1.73. The second-order valence-corrected chi connectivity index (χ2v) is 8.03. The van der Waals surface area contributed by atoms with Gasteiger partial charge in [0.15, 0.2) is 0 Å². The van der Waals surface area contributed by atoms with Crippen LogP contribution in [-0.2, 0) is 10.0 Å². The monoisotopic (exact) mass is 375 g/mol. The summed E-state index contributed by atoms with van der Waals surface area (Å²) < 4.78 is 32.0. The van der Waals surface area contributed by atoms with Crippen LogP contribution >= 0.6 is 0 Å². The molecule has 7 nitrogen and oxygen atoms in total. The average Bonchev–Trinajstić information content (AvgIpc) is 2.68. The highest BCUT2D eigenvalue weighted by Gasteiger charge is 2.31. The number of rotatable bonds is 4. The van der Waals surface area contributed by atoms with E-state index in [1.54, 1.807) is 23.1 Å². The molecule has 1 aromatic heterocycles. The number of aromatic nitrogens is 1. The number of carbonyl (C=O) groups is 1. The Hall–Kier alpha value is -2.45. The number of sulfonamides is 1. The van der Waals surface area contributed by atoms with E-state index in [4.69, 9.17) is 4.74 Å². The molecule has 138 valence electrons. The lowest BCUT2D eigenvalue weighted by atomic mass is 10.1. The third kappa shape index (κ3) is 3.56. The standard InChI is InChI=1S/C18H21N3O4S/c1-14-5-6-17(25-2)16(12-14)18(22)20-8-10-21(11-9-20)26(23,24)15-4-3-7-19-13-15/h3-7,12-13H,8-11H2,1-2H3. The molecule has 26 heavy (non-hydrogen) atoms. The maximum absolute atomic E-state index is 12.8. The number of aryl methyl sites for hydroxylation is 1. The summed E-state index contributed by atoms with van der Waals surface area (Å²) >= 11 is 0. The number of benzene rings is 1. The third-order valence-corrected chi connectivity index (χ3v) is 6.27. The van der Waals surface area contributed by atoms with Crippen LogP contribution < -0.4 is 4.74 Å². The van der Waals surface area contributed by atoms with E-state index in [1.165, 1.54) is 29.9 Å². The number of hydrogen-bond acceptors (Lipinski definition) is 5. The van der Waals surface area contributed by atoms with Gasteiger partial charge in [-0.1, -0.05) is 11.6 Å². The minimum Gasteiger partial charge on any atom is -0.496 e. The van der Waals surface area contributed by atoms with Crippen LogP contribution in [0.25, 0.3) is 0 Å². The molecular weight excluding hydrogens is 354 g/mol. The van der Waals surface area contributed by atoms with Crippen LogP contribution in [0.3, 0.4) is 0 Å². The molecule has 0 radical (unpaired) electrons. The molecule has 0 unspecified atom stereocenters. The van der Waals surface area contributed by atoms with E-state index in [1.807, 2.05) is 13.0 Å². The quantitative estimate of drug-likeness (QED) is 0.810. The Kier molecular flexibility index (Phi) is 5.24. The summed E-state index contributed by atoms with van der Waals surface area (Å²) in [5.41, 5.74) is 1.46. The first kappa shape index (κ1) is 18.3. The van der Waals surface area contributed by atoms with Crippen molar-refractivity contribution in [2.24, 2.45) is 0 Å². The van der Waals surface area contributed by atoms with Crippen LogP contribution in [0.1, 0.15) is 15.9 Å². The fraction of sp³-hybridized carbons (Fsp3) is 0.333. The largest absolute Gasteiger partial charge is 0.496 e. The van der Waals surface area contributed by atoms with Gasteiger partial charge in [-0.05, 0) is 31.2 Å². The van der Waals surface area contributed by atoms with E-state index in [-0.39, 0.29) is 23.9 Å². The molecule has 1 aromatic carbocycles.